The molecule has 2 atom stereocenters. The van der Waals surface area contributed by atoms with E-state index in [1.807, 2.05) is 12.1 Å². The normalized spacial score (nSPS) is 24.7. The lowest BCUT2D eigenvalue weighted by Crippen LogP contribution is -2.48. The number of benzene rings is 1. The summed E-state index contributed by atoms with van der Waals surface area (Å²) in [6, 6.07) is 13.6. The Balaban J connectivity index is 2.32. The van der Waals surface area contributed by atoms with E-state index in [9.17, 15) is 15.8 Å². The van der Waals surface area contributed by atoms with Crippen molar-refractivity contribution in [2.75, 3.05) is 19.6 Å². The second-order valence-electron chi connectivity index (χ2n) is 6.58. The summed E-state index contributed by atoms with van der Waals surface area (Å²) in [4.78, 5) is 2.22. The monoisotopic (exact) mass is 363 g/mol. The smallest absolute Gasteiger partial charge is 0.191 e. The summed E-state index contributed by atoms with van der Waals surface area (Å²) < 4.78 is 0. The predicted octanol–water partition coefficient (Wildman–Crippen LogP) is 3.09. The summed E-state index contributed by atoms with van der Waals surface area (Å²) in [7, 11) is 0. The maximum absolute atomic E-state index is 9.98. The van der Waals surface area contributed by atoms with E-state index < -0.39 is 11.3 Å². The van der Waals surface area contributed by atoms with Crippen molar-refractivity contribution >= 4 is 11.6 Å². The van der Waals surface area contributed by atoms with E-state index in [4.69, 9.17) is 17.3 Å². The standard InChI is InChI=1S/C20H18ClN5/c1-2-26-7-6-15-16(9-22)19(25)20(11-23,12-24)18(17(15)10-26)13-4-3-5-14(21)8-13/h3-6,8,17-18H,2,7,10,25H2,1H3/t17-,18+/m1/s1. The third-order valence-electron chi connectivity index (χ3n) is 5.40. The van der Waals surface area contributed by atoms with Crippen LogP contribution in [0.15, 0.2) is 47.2 Å². The van der Waals surface area contributed by atoms with Gasteiger partial charge in [-0.15, -0.1) is 0 Å². The molecule has 0 spiro atoms. The van der Waals surface area contributed by atoms with Crippen LogP contribution in [0.25, 0.3) is 0 Å². The molecular formula is C20H18ClN5. The van der Waals surface area contributed by atoms with Gasteiger partial charge >= 0.3 is 0 Å². The molecule has 26 heavy (non-hydrogen) atoms. The zero-order valence-corrected chi connectivity index (χ0v) is 15.2. The minimum atomic E-state index is -1.60. The lowest BCUT2D eigenvalue weighted by atomic mass is 9.58. The summed E-state index contributed by atoms with van der Waals surface area (Å²) in [6.45, 7) is 4.28. The first-order valence-electron chi connectivity index (χ1n) is 8.43. The minimum Gasteiger partial charge on any atom is -0.399 e. The Kier molecular flexibility index (Phi) is 4.75. The van der Waals surface area contributed by atoms with Gasteiger partial charge in [0.05, 0.1) is 23.4 Å². The quantitative estimate of drug-likeness (QED) is 0.870. The van der Waals surface area contributed by atoms with Gasteiger partial charge in [0.2, 0.25) is 0 Å². The molecule has 0 saturated heterocycles. The Bertz CT molecular complexity index is 911. The van der Waals surface area contributed by atoms with E-state index in [0.717, 1.165) is 24.2 Å². The van der Waals surface area contributed by atoms with Crippen LogP contribution in [0.3, 0.4) is 0 Å². The van der Waals surface area contributed by atoms with E-state index in [1.165, 1.54) is 0 Å². The van der Waals surface area contributed by atoms with Crippen LogP contribution in [-0.2, 0) is 0 Å². The molecule has 0 bridgehead atoms. The molecule has 2 N–H and O–H groups in total. The van der Waals surface area contributed by atoms with E-state index in [1.54, 1.807) is 18.2 Å². The third kappa shape index (κ3) is 2.56. The summed E-state index contributed by atoms with van der Waals surface area (Å²) in [5, 5.41) is 30.2. The van der Waals surface area contributed by atoms with Gasteiger partial charge in [0.1, 0.15) is 6.07 Å². The molecule has 1 aromatic carbocycles. The van der Waals surface area contributed by atoms with Gasteiger partial charge in [-0.1, -0.05) is 36.7 Å². The number of nitrogens with two attached hydrogens (primary N) is 1. The van der Waals surface area contributed by atoms with Crippen LogP contribution < -0.4 is 5.73 Å². The van der Waals surface area contributed by atoms with E-state index in [2.05, 4.69) is 30.0 Å². The van der Waals surface area contributed by atoms with Crippen LogP contribution in [0.4, 0.5) is 0 Å². The lowest BCUT2D eigenvalue weighted by Gasteiger charge is -2.45. The number of rotatable bonds is 2. The van der Waals surface area contributed by atoms with Gasteiger partial charge in [-0.2, -0.15) is 15.8 Å². The van der Waals surface area contributed by atoms with Crippen LogP contribution in [0.5, 0.6) is 0 Å². The highest BCUT2D eigenvalue weighted by Crippen LogP contribution is 2.54. The largest absolute Gasteiger partial charge is 0.399 e. The topological polar surface area (TPSA) is 101 Å². The van der Waals surface area contributed by atoms with Crippen molar-refractivity contribution in [3.8, 4) is 18.2 Å². The number of nitrogens with zero attached hydrogens (tertiary/aromatic N) is 4. The van der Waals surface area contributed by atoms with Crippen LogP contribution >= 0.6 is 11.6 Å². The maximum Gasteiger partial charge on any atom is 0.191 e. The fraction of sp³-hybridized carbons (Fsp3) is 0.350. The Morgan fingerprint density at radius 2 is 2.04 bits per heavy atom. The molecule has 0 amide bonds. The number of allylic oxidation sites excluding steroid dienone is 2. The average Bonchev–Trinajstić information content (AvgIpc) is 2.66. The molecule has 0 saturated carbocycles. The fourth-order valence-electron chi connectivity index (χ4n) is 4.07. The molecule has 1 heterocycles. The van der Waals surface area contributed by atoms with Crippen LogP contribution in [0.2, 0.25) is 5.02 Å². The number of hydrogen-bond acceptors (Lipinski definition) is 5. The van der Waals surface area contributed by atoms with Crippen molar-refractivity contribution < 1.29 is 0 Å². The summed E-state index contributed by atoms with van der Waals surface area (Å²) in [5.74, 6) is -0.669. The van der Waals surface area contributed by atoms with E-state index in [0.29, 0.717) is 11.6 Å². The molecule has 6 heteroatoms. The molecule has 1 aliphatic heterocycles. The van der Waals surface area contributed by atoms with Gasteiger partial charge in [-0.3, -0.25) is 4.90 Å². The second kappa shape index (κ2) is 6.85. The van der Waals surface area contributed by atoms with Gasteiger partial charge in [-0.25, -0.2) is 0 Å². The average molecular weight is 364 g/mol. The molecular weight excluding hydrogens is 346 g/mol. The van der Waals surface area contributed by atoms with Crippen molar-refractivity contribution in [1.29, 1.82) is 15.8 Å². The molecule has 1 aliphatic carbocycles. The second-order valence-corrected chi connectivity index (χ2v) is 7.02. The first kappa shape index (κ1) is 18.0. The van der Waals surface area contributed by atoms with Gasteiger partial charge in [0.25, 0.3) is 0 Å². The number of fused-ring (bicyclic) bond motifs is 1. The van der Waals surface area contributed by atoms with Crippen LogP contribution in [0.1, 0.15) is 18.4 Å². The van der Waals surface area contributed by atoms with Crippen molar-refractivity contribution in [3.05, 3.63) is 57.8 Å². The van der Waals surface area contributed by atoms with Gasteiger partial charge in [0, 0.05) is 29.9 Å². The molecule has 1 aromatic rings. The summed E-state index contributed by atoms with van der Waals surface area (Å²) in [5.41, 5.74) is 6.59. The first-order chi connectivity index (χ1) is 12.5. The van der Waals surface area contributed by atoms with Gasteiger partial charge in [-0.05, 0) is 29.8 Å². The molecule has 0 radical (unpaired) electrons. The minimum absolute atomic E-state index is 0.0439. The lowest BCUT2D eigenvalue weighted by molar-refractivity contribution is 0.214. The number of halogens is 1. The molecule has 3 rings (SSSR count). The molecule has 0 fully saturated rings. The van der Waals surface area contributed by atoms with Crippen molar-refractivity contribution in [3.63, 3.8) is 0 Å². The third-order valence-corrected chi connectivity index (χ3v) is 5.63. The Morgan fingerprint density at radius 3 is 2.62 bits per heavy atom. The van der Waals surface area contributed by atoms with Crippen LogP contribution in [0, 0.1) is 45.3 Å². The molecule has 0 unspecified atom stereocenters. The first-order valence-corrected chi connectivity index (χ1v) is 8.81. The Morgan fingerprint density at radius 1 is 1.31 bits per heavy atom. The van der Waals surface area contributed by atoms with E-state index in [-0.39, 0.29) is 17.2 Å². The summed E-state index contributed by atoms with van der Waals surface area (Å²) >= 11 is 6.18. The number of likely N-dealkylation sites (N-methyl/N-ethyl adjacent to an activating group) is 1. The molecule has 2 aliphatic rings. The number of hydrogen-bond donors (Lipinski definition) is 1. The SMILES string of the molecule is CCN1CC=C2C(C#N)=C(N)C(C#N)(C#N)[C@@H](c3cccc(Cl)c3)[C@@H]2C1. The highest BCUT2D eigenvalue weighted by atomic mass is 35.5. The van der Waals surface area contributed by atoms with Gasteiger partial charge in [0.15, 0.2) is 5.41 Å². The Hall–Kier alpha value is -2.78. The maximum atomic E-state index is 9.98. The zero-order chi connectivity index (χ0) is 18.9. The van der Waals surface area contributed by atoms with E-state index >= 15 is 0 Å². The van der Waals surface area contributed by atoms with Crippen molar-refractivity contribution in [2.24, 2.45) is 17.1 Å². The highest BCUT2D eigenvalue weighted by molar-refractivity contribution is 6.30. The molecule has 0 aromatic heterocycles. The number of nitriles is 3. The van der Waals surface area contributed by atoms with Crippen molar-refractivity contribution in [1.82, 2.24) is 4.90 Å². The fourth-order valence-corrected chi connectivity index (χ4v) is 4.27. The predicted molar refractivity (Wildman–Crippen MR) is 98.4 cm³/mol. The molecule has 130 valence electrons. The van der Waals surface area contributed by atoms with Crippen molar-refractivity contribution in [2.45, 2.75) is 12.8 Å². The van der Waals surface area contributed by atoms with Gasteiger partial charge < -0.3 is 5.73 Å². The Labute approximate surface area is 158 Å². The summed E-state index contributed by atoms with van der Waals surface area (Å²) in [6.07, 6.45) is 2.00. The zero-order valence-electron chi connectivity index (χ0n) is 14.4. The molecule has 5 nitrogen and oxygen atoms in total. The highest BCUT2D eigenvalue weighted by Gasteiger charge is 2.54. The van der Waals surface area contributed by atoms with Crippen LogP contribution in [-0.4, -0.2) is 24.5 Å².